The molecule has 2 aromatic carbocycles. The summed E-state index contributed by atoms with van der Waals surface area (Å²) in [5, 5.41) is 0. The molecule has 0 bridgehead atoms. The van der Waals surface area contributed by atoms with Crippen molar-refractivity contribution in [2.45, 2.75) is 25.8 Å². The molecule has 0 unspecified atom stereocenters. The number of hydrogen-bond donors (Lipinski definition) is 0. The highest BCUT2D eigenvalue weighted by atomic mass is 32.1. The van der Waals surface area contributed by atoms with Gasteiger partial charge in [-0.1, -0.05) is 29.5 Å². The number of para-hydroxylation sites is 1. The number of rotatable bonds is 3. The number of amides is 1. The highest BCUT2D eigenvalue weighted by molar-refractivity contribution is 7.16. The second-order valence-corrected chi connectivity index (χ2v) is 7.91. The summed E-state index contributed by atoms with van der Waals surface area (Å²) < 4.78 is 8.27. The quantitative estimate of drug-likeness (QED) is 0.691. The van der Waals surface area contributed by atoms with E-state index in [0.717, 1.165) is 34.4 Å². The molecule has 2 heterocycles. The third-order valence-electron chi connectivity index (χ3n) is 5.29. The lowest BCUT2D eigenvalue weighted by Crippen LogP contribution is -2.40. The summed E-state index contributed by atoms with van der Waals surface area (Å²) in [5.74, 6) is 0.751. The first-order valence-corrected chi connectivity index (χ1v) is 9.94. The van der Waals surface area contributed by atoms with Gasteiger partial charge in [0.05, 0.1) is 17.3 Å². The third-order valence-corrected chi connectivity index (χ3v) is 6.23. The predicted molar refractivity (Wildman–Crippen MR) is 108 cm³/mol. The van der Waals surface area contributed by atoms with Crippen molar-refractivity contribution in [3.8, 4) is 5.75 Å². The molecular weight excluding hydrogens is 360 g/mol. The minimum atomic E-state index is 0.0225. The average Bonchev–Trinajstić information content (AvgIpc) is 3.03. The molecule has 1 fully saturated rings. The number of fused-ring (bicyclic) bond motifs is 1. The van der Waals surface area contributed by atoms with Gasteiger partial charge in [0.1, 0.15) is 5.75 Å². The van der Waals surface area contributed by atoms with Gasteiger partial charge in [-0.15, -0.1) is 0 Å². The Morgan fingerprint density at radius 3 is 2.63 bits per heavy atom. The Morgan fingerprint density at radius 2 is 1.89 bits per heavy atom. The molecule has 4 rings (SSSR count). The Balaban J connectivity index is 1.51. The minimum Gasteiger partial charge on any atom is -0.496 e. The van der Waals surface area contributed by atoms with E-state index in [-0.39, 0.29) is 16.8 Å². The molecule has 1 aliphatic rings. The van der Waals surface area contributed by atoms with Gasteiger partial charge in [0.2, 0.25) is 0 Å². The largest absolute Gasteiger partial charge is 0.496 e. The van der Waals surface area contributed by atoms with E-state index >= 15 is 0 Å². The smallest absolute Gasteiger partial charge is 0.308 e. The lowest BCUT2D eigenvalue weighted by atomic mass is 10.0. The van der Waals surface area contributed by atoms with Gasteiger partial charge in [-0.2, -0.15) is 0 Å². The van der Waals surface area contributed by atoms with E-state index in [1.165, 1.54) is 11.3 Å². The molecule has 27 heavy (non-hydrogen) atoms. The number of thiazole rings is 1. The molecule has 140 valence electrons. The summed E-state index contributed by atoms with van der Waals surface area (Å²) >= 11 is 1.29. The van der Waals surface area contributed by atoms with Crippen molar-refractivity contribution in [2.75, 3.05) is 20.2 Å². The fourth-order valence-electron chi connectivity index (χ4n) is 3.79. The molecule has 5 nitrogen and oxygen atoms in total. The van der Waals surface area contributed by atoms with Crippen LogP contribution in [-0.2, 0) is 0 Å². The van der Waals surface area contributed by atoms with Gasteiger partial charge in [0.15, 0.2) is 0 Å². The van der Waals surface area contributed by atoms with Crippen molar-refractivity contribution in [1.82, 2.24) is 9.47 Å². The van der Waals surface area contributed by atoms with Crippen LogP contribution in [0.4, 0.5) is 0 Å². The van der Waals surface area contributed by atoms with E-state index in [9.17, 15) is 9.59 Å². The van der Waals surface area contributed by atoms with E-state index in [4.69, 9.17) is 4.74 Å². The van der Waals surface area contributed by atoms with Gasteiger partial charge in [0, 0.05) is 24.7 Å². The summed E-state index contributed by atoms with van der Waals surface area (Å²) in [6, 6.07) is 13.6. The number of nitrogens with zero attached hydrogens (tertiary/aromatic N) is 2. The normalized spacial score (nSPS) is 15.3. The maximum atomic E-state index is 12.9. The fraction of sp³-hybridized carbons (Fsp3) is 0.333. The van der Waals surface area contributed by atoms with Crippen molar-refractivity contribution in [1.29, 1.82) is 0 Å². The van der Waals surface area contributed by atoms with Crippen molar-refractivity contribution in [3.05, 3.63) is 63.3 Å². The third kappa shape index (κ3) is 3.25. The molecule has 0 N–H and O–H groups in total. The van der Waals surface area contributed by atoms with E-state index in [1.54, 1.807) is 13.2 Å². The number of piperidine rings is 1. The molecule has 0 aliphatic carbocycles. The summed E-state index contributed by atoms with van der Waals surface area (Å²) in [6.45, 7) is 3.26. The standard InChI is InChI=1S/C21H22N2O3S/c1-14-7-8-15(13-18(14)26-2)20(24)22-11-9-16(10-12-22)23-17-5-3-4-6-19(17)27-21(23)25/h3-8,13,16H,9-12H2,1-2H3. The Labute approximate surface area is 161 Å². The van der Waals surface area contributed by atoms with Crippen LogP contribution in [0.25, 0.3) is 10.2 Å². The Kier molecular flexibility index (Phi) is 4.74. The molecular formula is C21H22N2O3S. The van der Waals surface area contributed by atoms with Gasteiger partial charge in [-0.25, -0.2) is 0 Å². The van der Waals surface area contributed by atoms with Crippen molar-refractivity contribution in [2.24, 2.45) is 0 Å². The van der Waals surface area contributed by atoms with Crippen molar-refractivity contribution >= 4 is 27.5 Å². The number of benzene rings is 2. The van der Waals surface area contributed by atoms with Gasteiger partial charge in [0.25, 0.3) is 5.91 Å². The highest BCUT2D eigenvalue weighted by Crippen LogP contribution is 2.28. The van der Waals surface area contributed by atoms with Crippen LogP contribution in [0.15, 0.2) is 47.3 Å². The maximum absolute atomic E-state index is 12.9. The number of ether oxygens (including phenoxy) is 1. The SMILES string of the molecule is COc1cc(C(=O)N2CCC(n3c(=O)sc4ccccc43)CC2)ccc1C. The Morgan fingerprint density at radius 1 is 1.15 bits per heavy atom. The summed E-state index contributed by atoms with van der Waals surface area (Å²) in [4.78, 5) is 27.3. The van der Waals surface area contributed by atoms with E-state index < -0.39 is 0 Å². The molecule has 1 amide bonds. The van der Waals surface area contributed by atoms with Gasteiger partial charge in [-0.3, -0.25) is 14.2 Å². The summed E-state index contributed by atoms with van der Waals surface area (Å²) in [7, 11) is 1.62. The first-order chi connectivity index (χ1) is 13.1. The molecule has 1 saturated heterocycles. The molecule has 0 saturated carbocycles. The number of carbonyl (C=O) groups is 1. The predicted octanol–water partition coefficient (Wildman–Crippen LogP) is 3.86. The number of methoxy groups -OCH3 is 1. The topological polar surface area (TPSA) is 51.5 Å². The molecule has 1 aliphatic heterocycles. The van der Waals surface area contributed by atoms with Crippen LogP contribution >= 0.6 is 11.3 Å². The van der Waals surface area contributed by atoms with Crippen LogP contribution in [0.1, 0.15) is 34.8 Å². The fourth-order valence-corrected chi connectivity index (χ4v) is 4.74. The summed E-state index contributed by atoms with van der Waals surface area (Å²) in [5.41, 5.74) is 2.66. The van der Waals surface area contributed by atoms with E-state index in [0.29, 0.717) is 18.7 Å². The van der Waals surface area contributed by atoms with Crippen molar-refractivity contribution in [3.63, 3.8) is 0 Å². The van der Waals surface area contributed by atoms with Gasteiger partial charge in [-0.05, 0) is 49.6 Å². The van der Waals surface area contributed by atoms with Gasteiger partial charge >= 0.3 is 4.87 Å². The van der Waals surface area contributed by atoms with Gasteiger partial charge < -0.3 is 9.64 Å². The zero-order chi connectivity index (χ0) is 19.0. The second-order valence-electron chi connectivity index (χ2n) is 6.91. The molecule has 0 spiro atoms. The monoisotopic (exact) mass is 382 g/mol. The van der Waals surface area contributed by atoms with E-state index in [2.05, 4.69) is 0 Å². The van der Waals surface area contributed by atoms with Crippen LogP contribution in [0.3, 0.4) is 0 Å². The van der Waals surface area contributed by atoms with Crippen LogP contribution in [0, 0.1) is 6.92 Å². The maximum Gasteiger partial charge on any atom is 0.308 e. The van der Waals surface area contributed by atoms with Crippen LogP contribution in [0.2, 0.25) is 0 Å². The van der Waals surface area contributed by atoms with E-state index in [1.807, 2.05) is 52.8 Å². The number of aryl methyl sites for hydroxylation is 1. The number of carbonyl (C=O) groups excluding carboxylic acids is 1. The summed E-state index contributed by atoms with van der Waals surface area (Å²) in [6.07, 6.45) is 1.57. The van der Waals surface area contributed by atoms with Crippen LogP contribution < -0.4 is 9.61 Å². The molecule has 0 radical (unpaired) electrons. The second kappa shape index (κ2) is 7.19. The molecule has 6 heteroatoms. The first-order valence-electron chi connectivity index (χ1n) is 9.12. The zero-order valence-electron chi connectivity index (χ0n) is 15.5. The number of likely N-dealkylation sites (tertiary alicyclic amines) is 1. The molecule has 0 atom stereocenters. The first kappa shape index (κ1) is 17.8. The van der Waals surface area contributed by atoms with Crippen LogP contribution in [0.5, 0.6) is 5.75 Å². The number of aromatic nitrogens is 1. The Hall–Kier alpha value is -2.60. The lowest BCUT2D eigenvalue weighted by molar-refractivity contribution is 0.0695. The number of hydrogen-bond acceptors (Lipinski definition) is 4. The highest BCUT2D eigenvalue weighted by Gasteiger charge is 2.27. The molecule has 3 aromatic rings. The minimum absolute atomic E-state index is 0.0225. The van der Waals surface area contributed by atoms with Crippen molar-refractivity contribution < 1.29 is 9.53 Å². The lowest BCUT2D eigenvalue weighted by Gasteiger charge is -2.32. The van der Waals surface area contributed by atoms with Crippen LogP contribution in [-0.4, -0.2) is 35.6 Å². The molecule has 1 aromatic heterocycles. The Bertz CT molecular complexity index is 1050. The average molecular weight is 382 g/mol. The zero-order valence-corrected chi connectivity index (χ0v) is 16.3.